The largest absolute Gasteiger partial charge is 0.369 e. The third kappa shape index (κ3) is 3.39. The fraction of sp³-hybridized carbons (Fsp3) is 0.400. The number of carbonyl (C=O) groups excluding carboxylic acids is 1. The molecule has 2 aromatic rings. The summed E-state index contributed by atoms with van der Waals surface area (Å²) in [6, 6.07) is 7.82. The van der Waals surface area contributed by atoms with Gasteiger partial charge >= 0.3 is 0 Å². The van der Waals surface area contributed by atoms with Crippen LogP contribution in [-0.2, 0) is 4.79 Å². The molecule has 1 aromatic carbocycles. The maximum Gasteiger partial charge on any atom is 0.229 e. The average molecular weight is 302 g/mol. The summed E-state index contributed by atoms with van der Waals surface area (Å²) in [7, 11) is 0. The molecule has 1 aliphatic carbocycles. The summed E-state index contributed by atoms with van der Waals surface area (Å²) in [5.74, 6) is 0.185. The van der Waals surface area contributed by atoms with Gasteiger partial charge in [-0.15, -0.1) is 0 Å². The minimum atomic E-state index is -0.0166. The third-order valence-corrected chi connectivity index (χ3v) is 4.66. The second kappa shape index (κ2) is 6.22. The predicted molar refractivity (Wildman–Crippen MR) is 85.6 cm³/mol. The summed E-state index contributed by atoms with van der Waals surface area (Å²) in [6.45, 7) is 0. The number of rotatable bonds is 2. The normalized spacial score (nSPS) is 17.0. The van der Waals surface area contributed by atoms with E-state index >= 15 is 0 Å². The van der Waals surface area contributed by atoms with Crippen molar-refractivity contribution in [3.8, 4) is 0 Å². The highest BCUT2D eigenvalue weighted by Crippen LogP contribution is 2.27. The second-order valence-electron chi connectivity index (χ2n) is 5.29. The Morgan fingerprint density at radius 2 is 2.05 bits per heavy atom. The number of para-hydroxylation sites is 1. The monoisotopic (exact) mass is 302 g/mol. The number of guanidine groups is 1. The van der Waals surface area contributed by atoms with Gasteiger partial charge in [-0.1, -0.05) is 42.7 Å². The van der Waals surface area contributed by atoms with Crippen molar-refractivity contribution in [2.75, 3.05) is 0 Å². The molecular weight excluding hydrogens is 284 g/mol. The molecule has 0 saturated heterocycles. The second-order valence-corrected chi connectivity index (χ2v) is 6.29. The lowest BCUT2D eigenvalue weighted by Crippen LogP contribution is -2.40. The van der Waals surface area contributed by atoms with E-state index in [1.807, 2.05) is 24.3 Å². The van der Waals surface area contributed by atoms with Crippen molar-refractivity contribution in [2.45, 2.75) is 32.1 Å². The van der Waals surface area contributed by atoms with Crippen molar-refractivity contribution < 1.29 is 4.79 Å². The number of benzene rings is 1. The molecule has 5 nitrogen and oxygen atoms in total. The average Bonchev–Trinajstić information content (AvgIpc) is 2.90. The standard InChI is InChI=1S/C15H18N4OS/c16-14(18-13(20)10-6-2-1-3-7-10)19-15-17-11-8-4-5-9-12(11)21-15/h4-5,8-10H,1-3,6-7H2,(H3,16,17,18,19,20). The van der Waals surface area contributed by atoms with Crippen LogP contribution in [0, 0.1) is 5.92 Å². The van der Waals surface area contributed by atoms with Gasteiger partial charge in [-0.2, -0.15) is 4.99 Å². The van der Waals surface area contributed by atoms with E-state index in [9.17, 15) is 4.79 Å². The van der Waals surface area contributed by atoms with E-state index in [0.29, 0.717) is 5.13 Å². The van der Waals surface area contributed by atoms with Crippen LogP contribution in [-0.4, -0.2) is 16.9 Å². The number of hydrogen-bond donors (Lipinski definition) is 2. The van der Waals surface area contributed by atoms with Crippen LogP contribution in [0.3, 0.4) is 0 Å². The summed E-state index contributed by atoms with van der Waals surface area (Å²) in [5.41, 5.74) is 6.72. The van der Waals surface area contributed by atoms with Crippen molar-refractivity contribution in [3.63, 3.8) is 0 Å². The first-order valence-corrected chi connectivity index (χ1v) is 8.04. The number of carbonyl (C=O) groups is 1. The number of nitrogens with zero attached hydrogens (tertiary/aromatic N) is 2. The molecule has 1 saturated carbocycles. The topological polar surface area (TPSA) is 80.4 Å². The highest BCUT2D eigenvalue weighted by Gasteiger charge is 2.21. The van der Waals surface area contributed by atoms with Crippen molar-refractivity contribution in [1.82, 2.24) is 10.3 Å². The van der Waals surface area contributed by atoms with Crippen LogP contribution >= 0.6 is 11.3 Å². The molecule has 21 heavy (non-hydrogen) atoms. The Hall–Kier alpha value is -1.95. The van der Waals surface area contributed by atoms with E-state index in [2.05, 4.69) is 15.3 Å². The van der Waals surface area contributed by atoms with Gasteiger partial charge in [0.05, 0.1) is 10.2 Å². The maximum atomic E-state index is 12.1. The Kier molecular flexibility index (Phi) is 4.15. The van der Waals surface area contributed by atoms with Crippen molar-refractivity contribution in [3.05, 3.63) is 24.3 Å². The van der Waals surface area contributed by atoms with Crippen molar-refractivity contribution in [2.24, 2.45) is 16.6 Å². The van der Waals surface area contributed by atoms with Crippen LogP contribution in [0.15, 0.2) is 29.3 Å². The molecule has 0 bridgehead atoms. The Labute approximate surface area is 127 Å². The van der Waals surface area contributed by atoms with Crippen LogP contribution < -0.4 is 11.1 Å². The van der Waals surface area contributed by atoms with Gasteiger partial charge in [-0.05, 0) is 25.0 Å². The lowest BCUT2D eigenvalue weighted by atomic mass is 9.89. The number of hydrogen-bond acceptors (Lipinski definition) is 4. The van der Waals surface area contributed by atoms with E-state index in [1.165, 1.54) is 17.8 Å². The minimum absolute atomic E-state index is 0.0166. The van der Waals surface area contributed by atoms with Crippen LogP contribution in [0.4, 0.5) is 5.13 Å². The van der Waals surface area contributed by atoms with Crippen molar-refractivity contribution in [1.29, 1.82) is 0 Å². The first kappa shape index (κ1) is 14.0. The molecule has 1 heterocycles. The Morgan fingerprint density at radius 1 is 1.29 bits per heavy atom. The molecule has 110 valence electrons. The molecule has 1 aromatic heterocycles. The van der Waals surface area contributed by atoms with E-state index in [1.54, 1.807) is 0 Å². The minimum Gasteiger partial charge on any atom is -0.369 e. The van der Waals surface area contributed by atoms with Crippen LogP contribution in [0.5, 0.6) is 0 Å². The quantitative estimate of drug-likeness (QED) is 0.661. The molecule has 3 N–H and O–H groups in total. The summed E-state index contributed by atoms with van der Waals surface area (Å²) in [6.07, 6.45) is 5.35. The maximum absolute atomic E-state index is 12.1. The summed E-state index contributed by atoms with van der Waals surface area (Å²) in [5, 5.41) is 3.27. The van der Waals surface area contributed by atoms with Crippen LogP contribution in [0.25, 0.3) is 10.2 Å². The third-order valence-electron chi connectivity index (χ3n) is 3.73. The zero-order valence-corrected chi connectivity index (χ0v) is 12.5. The molecule has 1 fully saturated rings. The molecule has 6 heteroatoms. The van der Waals surface area contributed by atoms with E-state index < -0.39 is 0 Å². The number of nitrogens with two attached hydrogens (primary N) is 1. The smallest absolute Gasteiger partial charge is 0.229 e. The first-order valence-electron chi connectivity index (χ1n) is 7.23. The van der Waals surface area contributed by atoms with E-state index in [4.69, 9.17) is 5.73 Å². The Bertz CT molecular complexity index is 640. The fourth-order valence-electron chi connectivity index (χ4n) is 2.63. The summed E-state index contributed by atoms with van der Waals surface area (Å²) < 4.78 is 1.06. The lowest BCUT2D eigenvalue weighted by molar-refractivity contribution is -0.124. The molecule has 0 atom stereocenters. The van der Waals surface area contributed by atoms with Gasteiger partial charge in [0.2, 0.25) is 17.0 Å². The SMILES string of the molecule is NC(=Nc1nc2ccccc2s1)NC(=O)C1CCCCC1. The number of nitrogens with one attached hydrogen (secondary N) is 1. The highest BCUT2D eigenvalue weighted by atomic mass is 32.1. The predicted octanol–water partition coefficient (Wildman–Crippen LogP) is 2.94. The van der Waals surface area contributed by atoms with Gasteiger partial charge < -0.3 is 5.73 Å². The number of amides is 1. The first-order chi connectivity index (χ1) is 10.2. The summed E-state index contributed by atoms with van der Waals surface area (Å²) in [4.78, 5) is 20.7. The molecule has 0 aliphatic heterocycles. The van der Waals surface area contributed by atoms with E-state index in [-0.39, 0.29) is 17.8 Å². The number of fused-ring (bicyclic) bond motifs is 1. The highest BCUT2D eigenvalue weighted by molar-refractivity contribution is 7.22. The molecule has 0 spiro atoms. The van der Waals surface area contributed by atoms with Gasteiger partial charge in [0.15, 0.2) is 0 Å². The van der Waals surface area contributed by atoms with Gasteiger partial charge in [0, 0.05) is 5.92 Å². The Morgan fingerprint density at radius 3 is 2.81 bits per heavy atom. The van der Waals surface area contributed by atoms with Crippen LogP contribution in [0.2, 0.25) is 0 Å². The van der Waals surface area contributed by atoms with Gasteiger partial charge in [0.25, 0.3) is 0 Å². The molecule has 3 rings (SSSR count). The molecule has 1 amide bonds. The van der Waals surface area contributed by atoms with Gasteiger partial charge in [-0.25, -0.2) is 4.98 Å². The Balaban J connectivity index is 1.68. The zero-order valence-electron chi connectivity index (χ0n) is 11.7. The van der Waals surface area contributed by atoms with Crippen molar-refractivity contribution >= 4 is 38.6 Å². The lowest BCUT2D eigenvalue weighted by Gasteiger charge is -2.20. The molecule has 0 radical (unpaired) electrons. The summed E-state index contributed by atoms with van der Waals surface area (Å²) >= 11 is 1.46. The molecule has 1 aliphatic rings. The van der Waals surface area contributed by atoms with Gasteiger partial charge in [0.1, 0.15) is 0 Å². The number of aliphatic imine (C=N–C) groups is 1. The molecule has 0 unspecified atom stereocenters. The van der Waals surface area contributed by atoms with E-state index in [0.717, 1.165) is 35.9 Å². The fourth-order valence-corrected chi connectivity index (χ4v) is 3.48. The van der Waals surface area contributed by atoms with Gasteiger partial charge in [-0.3, -0.25) is 10.1 Å². The van der Waals surface area contributed by atoms with Crippen LogP contribution in [0.1, 0.15) is 32.1 Å². The zero-order chi connectivity index (χ0) is 14.7. The number of thiazole rings is 1. The number of aromatic nitrogens is 1. The molecular formula is C15H18N4OS.